The first kappa shape index (κ1) is 18.4. The summed E-state index contributed by atoms with van der Waals surface area (Å²) in [6.07, 6.45) is 5.88. The van der Waals surface area contributed by atoms with Crippen LogP contribution in [0.15, 0.2) is 0 Å². The lowest BCUT2D eigenvalue weighted by Gasteiger charge is -2.34. The predicted molar refractivity (Wildman–Crippen MR) is 81.1 cm³/mol. The van der Waals surface area contributed by atoms with Crippen molar-refractivity contribution in [3.63, 3.8) is 0 Å². The van der Waals surface area contributed by atoms with E-state index in [0.29, 0.717) is 18.5 Å². The minimum Gasteiger partial charge on any atom is -0.393 e. The SMILES string of the molecule is CCC(O)CCCCC(=O)N(C(C)CC)C(C)CC. The maximum absolute atomic E-state index is 12.3. The zero-order chi connectivity index (χ0) is 14.8. The Labute approximate surface area is 119 Å². The molecule has 3 heteroatoms. The zero-order valence-corrected chi connectivity index (χ0v) is 13.5. The highest BCUT2D eigenvalue weighted by Crippen LogP contribution is 2.15. The molecule has 3 unspecified atom stereocenters. The maximum Gasteiger partial charge on any atom is 0.223 e. The van der Waals surface area contributed by atoms with Gasteiger partial charge in [-0.25, -0.2) is 0 Å². The van der Waals surface area contributed by atoms with Crippen molar-refractivity contribution < 1.29 is 9.90 Å². The standard InChI is InChI=1S/C16H33NO2/c1-6-13(4)17(14(5)7-2)16(19)12-10-9-11-15(18)8-3/h13-15,18H,6-12H2,1-5H3. The lowest BCUT2D eigenvalue weighted by molar-refractivity contribution is -0.135. The van der Waals surface area contributed by atoms with Gasteiger partial charge in [0.2, 0.25) is 5.91 Å². The summed E-state index contributed by atoms with van der Waals surface area (Å²) < 4.78 is 0. The first-order chi connectivity index (χ1) is 8.97. The second-order valence-electron chi connectivity index (χ2n) is 5.62. The molecule has 0 rings (SSSR count). The maximum atomic E-state index is 12.3. The van der Waals surface area contributed by atoms with E-state index in [1.807, 2.05) is 6.92 Å². The molecular weight excluding hydrogens is 238 g/mol. The highest BCUT2D eigenvalue weighted by Gasteiger charge is 2.22. The number of unbranched alkanes of at least 4 members (excludes halogenated alkanes) is 1. The van der Waals surface area contributed by atoms with Crippen LogP contribution in [0.2, 0.25) is 0 Å². The summed E-state index contributed by atoms with van der Waals surface area (Å²) in [7, 11) is 0. The predicted octanol–water partition coefficient (Wildman–Crippen LogP) is 3.74. The van der Waals surface area contributed by atoms with Gasteiger partial charge in [-0.15, -0.1) is 0 Å². The molecule has 0 fully saturated rings. The molecule has 19 heavy (non-hydrogen) atoms. The molecule has 0 aliphatic rings. The van der Waals surface area contributed by atoms with Crippen LogP contribution in [-0.2, 0) is 4.79 Å². The second kappa shape index (κ2) is 10.2. The molecule has 0 saturated carbocycles. The van der Waals surface area contributed by atoms with Gasteiger partial charge in [-0.3, -0.25) is 4.79 Å². The van der Waals surface area contributed by atoms with Crippen molar-refractivity contribution in [1.82, 2.24) is 4.90 Å². The van der Waals surface area contributed by atoms with Crippen LogP contribution in [0.1, 0.15) is 79.6 Å². The average Bonchev–Trinajstić information content (AvgIpc) is 2.42. The molecule has 1 N–H and O–H groups in total. The van der Waals surface area contributed by atoms with Gasteiger partial charge in [-0.2, -0.15) is 0 Å². The average molecular weight is 271 g/mol. The molecule has 0 aromatic heterocycles. The van der Waals surface area contributed by atoms with E-state index in [2.05, 4.69) is 32.6 Å². The fraction of sp³-hybridized carbons (Fsp3) is 0.938. The summed E-state index contributed by atoms with van der Waals surface area (Å²) >= 11 is 0. The van der Waals surface area contributed by atoms with E-state index in [-0.39, 0.29) is 12.0 Å². The fourth-order valence-corrected chi connectivity index (χ4v) is 2.31. The van der Waals surface area contributed by atoms with Crippen molar-refractivity contribution in [3.05, 3.63) is 0 Å². The number of amides is 1. The van der Waals surface area contributed by atoms with Crippen molar-refractivity contribution >= 4 is 5.91 Å². The molecule has 0 aliphatic heterocycles. The van der Waals surface area contributed by atoms with E-state index in [9.17, 15) is 9.90 Å². The van der Waals surface area contributed by atoms with Gasteiger partial charge >= 0.3 is 0 Å². The van der Waals surface area contributed by atoms with Crippen molar-refractivity contribution in [2.24, 2.45) is 0 Å². The minimum atomic E-state index is -0.199. The number of hydrogen-bond donors (Lipinski definition) is 1. The molecule has 0 heterocycles. The van der Waals surface area contributed by atoms with E-state index in [1.165, 1.54) is 0 Å². The van der Waals surface area contributed by atoms with Crippen LogP contribution in [0.4, 0.5) is 0 Å². The second-order valence-corrected chi connectivity index (χ2v) is 5.62. The summed E-state index contributed by atoms with van der Waals surface area (Å²) in [5, 5.41) is 9.49. The topological polar surface area (TPSA) is 40.5 Å². The molecule has 114 valence electrons. The number of aliphatic hydroxyl groups excluding tert-OH is 1. The van der Waals surface area contributed by atoms with Crippen LogP contribution < -0.4 is 0 Å². The number of hydrogen-bond acceptors (Lipinski definition) is 2. The van der Waals surface area contributed by atoms with Gasteiger partial charge < -0.3 is 10.0 Å². The Hall–Kier alpha value is -0.570. The van der Waals surface area contributed by atoms with Gasteiger partial charge in [0.1, 0.15) is 0 Å². The minimum absolute atomic E-state index is 0.199. The quantitative estimate of drug-likeness (QED) is 0.615. The van der Waals surface area contributed by atoms with Crippen LogP contribution in [0.3, 0.4) is 0 Å². The number of carbonyl (C=O) groups is 1. The van der Waals surface area contributed by atoms with Gasteiger partial charge in [0.15, 0.2) is 0 Å². The molecule has 0 spiro atoms. The Morgan fingerprint density at radius 2 is 1.53 bits per heavy atom. The smallest absolute Gasteiger partial charge is 0.223 e. The molecule has 0 aromatic rings. The number of rotatable bonds is 10. The van der Waals surface area contributed by atoms with Crippen molar-refractivity contribution in [2.75, 3.05) is 0 Å². The molecular formula is C16H33NO2. The molecule has 0 bridgehead atoms. The van der Waals surface area contributed by atoms with Gasteiger partial charge in [0.05, 0.1) is 6.10 Å². The molecule has 3 nitrogen and oxygen atoms in total. The zero-order valence-electron chi connectivity index (χ0n) is 13.5. The molecule has 0 saturated heterocycles. The number of carbonyl (C=O) groups excluding carboxylic acids is 1. The van der Waals surface area contributed by atoms with Crippen molar-refractivity contribution in [3.8, 4) is 0 Å². The third-order valence-electron chi connectivity index (χ3n) is 4.07. The van der Waals surface area contributed by atoms with Crippen LogP contribution in [0, 0.1) is 0 Å². The largest absolute Gasteiger partial charge is 0.393 e. The third-order valence-corrected chi connectivity index (χ3v) is 4.07. The Morgan fingerprint density at radius 1 is 1.00 bits per heavy atom. The third kappa shape index (κ3) is 6.95. The Kier molecular flexibility index (Phi) is 9.94. The Balaban J connectivity index is 4.18. The first-order valence-electron chi connectivity index (χ1n) is 7.96. The Morgan fingerprint density at radius 3 is 1.95 bits per heavy atom. The fourth-order valence-electron chi connectivity index (χ4n) is 2.31. The van der Waals surface area contributed by atoms with E-state index in [0.717, 1.165) is 38.5 Å². The van der Waals surface area contributed by atoms with E-state index < -0.39 is 0 Å². The number of nitrogens with zero attached hydrogens (tertiary/aromatic N) is 1. The van der Waals surface area contributed by atoms with Crippen LogP contribution in [-0.4, -0.2) is 34.1 Å². The highest BCUT2D eigenvalue weighted by atomic mass is 16.3. The van der Waals surface area contributed by atoms with E-state index >= 15 is 0 Å². The van der Waals surface area contributed by atoms with Gasteiger partial charge in [-0.1, -0.05) is 27.2 Å². The first-order valence-corrected chi connectivity index (χ1v) is 7.96. The molecule has 1 amide bonds. The van der Waals surface area contributed by atoms with Crippen molar-refractivity contribution in [1.29, 1.82) is 0 Å². The summed E-state index contributed by atoms with van der Waals surface area (Å²) in [5.74, 6) is 0.273. The van der Waals surface area contributed by atoms with Crippen LogP contribution in [0.25, 0.3) is 0 Å². The van der Waals surface area contributed by atoms with Crippen LogP contribution in [0.5, 0.6) is 0 Å². The van der Waals surface area contributed by atoms with Crippen LogP contribution >= 0.6 is 0 Å². The van der Waals surface area contributed by atoms with Crippen molar-refractivity contribution in [2.45, 2.75) is 97.8 Å². The van der Waals surface area contributed by atoms with Gasteiger partial charge in [0.25, 0.3) is 0 Å². The molecule has 0 aliphatic carbocycles. The van der Waals surface area contributed by atoms with E-state index in [4.69, 9.17) is 0 Å². The summed E-state index contributed by atoms with van der Waals surface area (Å²) in [6, 6.07) is 0.646. The van der Waals surface area contributed by atoms with E-state index in [1.54, 1.807) is 0 Å². The van der Waals surface area contributed by atoms with Gasteiger partial charge in [0, 0.05) is 18.5 Å². The Bertz CT molecular complexity index is 233. The lowest BCUT2D eigenvalue weighted by Crippen LogP contribution is -2.44. The monoisotopic (exact) mass is 271 g/mol. The lowest BCUT2D eigenvalue weighted by atomic mass is 10.1. The molecule has 3 atom stereocenters. The normalized spacial score (nSPS) is 15.9. The summed E-state index contributed by atoms with van der Waals surface area (Å²) in [4.78, 5) is 14.4. The summed E-state index contributed by atoms with van der Waals surface area (Å²) in [5.41, 5.74) is 0. The van der Waals surface area contributed by atoms with Gasteiger partial charge in [-0.05, 0) is 46.0 Å². The highest BCUT2D eigenvalue weighted by molar-refractivity contribution is 5.76. The molecule has 0 aromatic carbocycles. The molecule has 0 radical (unpaired) electrons. The summed E-state index contributed by atoms with van der Waals surface area (Å²) in [6.45, 7) is 10.5. The number of aliphatic hydroxyl groups is 1.